The number of benzene rings is 1. The number of carbonyl (C=O) groups is 2. The van der Waals surface area contributed by atoms with Gasteiger partial charge < -0.3 is 9.84 Å². The number of rotatable bonds is 7. The molecular weight excluding hydrogens is 313 g/mol. The van der Waals surface area contributed by atoms with Crippen LogP contribution in [0.1, 0.15) is 24.7 Å². The second-order valence-electron chi connectivity index (χ2n) is 5.44. The molecule has 7 heteroatoms. The van der Waals surface area contributed by atoms with E-state index in [0.29, 0.717) is 24.5 Å². The second-order valence-corrected chi connectivity index (χ2v) is 5.44. The van der Waals surface area contributed by atoms with Crippen LogP contribution in [0, 0.1) is 12.7 Å². The molecule has 2 aromatic rings. The van der Waals surface area contributed by atoms with Crippen LogP contribution in [0.2, 0.25) is 0 Å². The lowest BCUT2D eigenvalue weighted by Crippen LogP contribution is -2.34. The van der Waals surface area contributed by atoms with Crippen molar-refractivity contribution in [3.8, 4) is 0 Å². The lowest BCUT2D eigenvalue weighted by Gasteiger charge is -2.17. The van der Waals surface area contributed by atoms with E-state index in [2.05, 4.69) is 10.5 Å². The minimum absolute atomic E-state index is 0.162. The number of carbonyl (C=O) groups excluding carboxylic acids is 2. The van der Waals surface area contributed by atoms with Gasteiger partial charge >= 0.3 is 0 Å². The summed E-state index contributed by atoms with van der Waals surface area (Å²) in [7, 11) is 0. The van der Waals surface area contributed by atoms with Crippen molar-refractivity contribution in [3.63, 3.8) is 0 Å². The van der Waals surface area contributed by atoms with Crippen LogP contribution in [0.15, 0.2) is 34.9 Å². The van der Waals surface area contributed by atoms with Gasteiger partial charge in [0.05, 0.1) is 0 Å². The summed E-state index contributed by atoms with van der Waals surface area (Å²) in [5.41, 5.74) is 0.945. The number of amides is 2. The SMILES string of the molecule is CC(=O)N(CCC(=O)NCCc1ccc(F)cc1)c1cc(C)on1. The highest BCUT2D eigenvalue weighted by Gasteiger charge is 2.16. The Balaban J connectivity index is 1.77. The van der Waals surface area contributed by atoms with Crippen molar-refractivity contribution in [1.82, 2.24) is 10.5 Å². The first kappa shape index (κ1) is 17.7. The average Bonchev–Trinajstić information content (AvgIpc) is 2.95. The number of halogens is 1. The molecule has 0 saturated carbocycles. The molecule has 1 heterocycles. The maximum Gasteiger partial charge on any atom is 0.225 e. The predicted molar refractivity (Wildman–Crippen MR) is 87.0 cm³/mol. The van der Waals surface area contributed by atoms with E-state index in [4.69, 9.17) is 4.52 Å². The molecule has 2 amide bonds. The van der Waals surface area contributed by atoms with Gasteiger partial charge in [0.15, 0.2) is 5.82 Å². The van der Waals surface area contributed by atoms with Crippen LogP contribution in [-0.2, 0) is 16.0 Å². The van der Waals surface area contributed by atoms with Gasteiger partial charge in [-0.3, -0.25) is 14.5 Å². The van der Waals surface area contributed by atoms with Crippen molar-refractivity contribution in [2.75, 3.05) is 18.0 Å². The standard InChI is InChI=1S/C17H20FN3O3/c1-12-11-16(20-24-12)21(13(2)22)10-8-17(23)19-9-7-14-3-5-15(18)6-4-14/h3-6,11H,7-10H2,1-2H3,(H,19,23). The number of nitrogens with zero attached hydrogens (tertiary/aromatic N) is 2. The van der Waals surface area contributed by atoms with Gasteiger partial charge in [0.1, 0.15) is 11.6 Å². The Morgan fingerprint density at radius 2 is 2.00 bits per heavy atom. The summed E-state index contributed by atoms with van der Waals surface area (Å²) >= 11 is 0. The molecule has 0 aliphatic rings. The summed E-state index contributed by atoms with van der Waals surface area (Å²) in [5.74, 6) is 0.348. The van der Waals surface area contributed by atoms with Gasteiger partial charge in [-0.25, -0.2) is 4.39 Å². The molecule has 0 bridgehead atoms. The summed E-state index contributed by atoms with van der Waals surface area (Å²) in [6, 6.07) is 7.80. The molecule has 0 aliphatic carbocycles. The van der Waals surface area contributed by atoms with E-state index in [1.54, 1.807) is 25.1 Å². The van der Waals surface area contributed by atoms with Crippen molar-refractivity contribution in [1.29, 1.82) is 0 Å². The zero-order valence-electron chi connectivity index (χ0n) is 13.7. The van der Waals surface area contributed by atoms with E-state index in [1.807, 2.05) is 0 Å². The smallest absolute Gasteiger partial charge is 0.225 e. The number of aromatic nitrogens is 1. The molecule has 0 fully saturated rings. The topological polar surface area (TPSA) is 75.4 Å². The number of nitrogens with one attached hydrogen (secondary N) is 1. The largest absolute Gasteiger partial charge is 0.360 e. The highest BCUT2D eigenvalue weighted by molar-refractivity contribution is 5.91. The molecular formula is C17H20FN3O3. The van der Waals surface area contributed by atoms with Crippen molar-refractivity contribution in [2.45, 2.75) is 26.7 Å². The molecule has 0 aliphatic heterocycles. The molecule has 1 aromatic carbocycles. The van der Waals surface area contributed by atoms with Crippen molar-refractivity contribution in [2.24, 2.45) is 0 Å². The first-order valence-electron chi connectivity index (χ1n) is 7.68. The van der Waals surface area contributed by atoms with Crippen molar-refractivity contribution < 1.29 is 18.5 Å². The van der Waals surface area contributed by atoms with Crippen molar-refractivity contribution >= 4 is 17.6 Å². The van der Waals surface area contributed by atoms with Gasteiger partial charge in [-0.1, -0.05) is 17.3 Å². The Morgan fingerprint density at radius 1 is 1.29 bits per heavy atom. The molecule has 2 rings (SSSR count). The van der Waals surface area contributed by atoms with Crippen LogP contribution in [0.3, 0.4) is 0 Å². The summed E-state index contributed by atoms with van der Waals surface area (Å²) in [6.07, 6.45) is 0.778. The van der Waals surface area contributed by atoms with Crippen molar-refractivity contribution in [3.05, 3.63) is 47.5 Å². The summed E-state index contributed by atoms with van der Waals surface area (Å²) < 4.78 is 17.8. The number of hydrogen-bond acceptors (Lipinski definition) is 4. The third-order valence-electron chi connectivity index (χ3n) is 3.48. The molecule has 1 aromatic heterocycles. The minimum atomic E-state index is -0.282. The van der Waals surface area contributed by atoms with Gasteiger partial charge in [-0.05, 0) is 31.0 Å². The Kier molecular flexibility index (Phi) is 6.06. The zero-order chi connectivity index (χ0) is 17.5. The summed E-state index contributed by atoms with van der Waals surface area (Å²) in [6.45, 7) is 3.82. The van der Waals surface area contributed by atoms with Crippen LogP contribution in [-0.4, -0.2) is 30.1 Å². The fourth-order valence-electron chi connectivity index (χ4n) is 2.21. The predicted octanol–water partition coefficient (Wildman–Crippen LogP) is 2.22. The molecule has 0 atom stereocenters. The average molecular weight is 333 g/mol. The molecule has 0 spiro atoms. The Morgan fingerprint density at radius 3 is 2.58 bits per heavy atom. The van der Waals surface area contributed by atoms with E-state index in [0.717, 1.165) is 5.56 Å². The highest BCUT2D eigenvalue weighted by atomic mass is 19.1. The van der Waals surface area contributed by atoms with E-state index in [-0.39, 0.29) is 30.6 Å². The highest BCUT2D eigenvalue weighted by Crippen LogP contribution is 2.14. The van der Waals surface area contributed by atoms with Gasteiger partial charge in [0.25, 0.3) is 0 Å². The molecule has 1 N–H and O–H groups in total. The lowest BCUT2D eigenvalue weighted by molar-refractivity contribution is -0.121. The fraction of sp³-hybridized carbons (Fsp3) is 0.353. The number of aryl methyl sites for hydroxylation is 1. The Bertz CT molecular complexity index is 697. The van der Waals surface area contributed by atoms with E-state index in [9.17, 15) is 14.0 Å². The fourth-order valence-corrected chi connectivity index (χ4v) is 2.21. The molecule has 24 heavy (non-hydrogen) atoms. The van der Waals surface area contributed by atoms with Gasteiger partial charge in [0, 0.05) is 32.5 Å². The molecule has 6 nitrogen and oxygen atoms in total. The van der Waals surface area contributed by atoms with Gasteiger partial charge in [-0.15, -0.1) is 0 Å². The van der Waals surface area contributed by atoms with Crippen LogP contribution >= 0.6 is 0 Å². The van der Waals surface area contributed by atoms with Crippen LogP contribution in [0.5, 0.6) is 0 Å². The van der Waals surface area contributed by atoms with Gasteiger partial charge in [-0.2, -0.15) is 0 Å². The maximum absolute atomic E-state index is 12.8. The van der Waals surface area contributed by atoms with Crippen LogP contribution < -0.4 is 10.2 Å². The quantitative estimate of drug-likeness (QED) is 0.843. The number of anilines is 1. The third-order valence-corrected chi connectivity index (χ3v) is 3.48. The molecule has 0 radical (unpaired) electrons. The number of hydrogen-bond donors (Lipinski definition) is 1. The molecule has 128 valence electrons. The first-order valence-corrected chi connectivity index (χ1v) is 7.68. The van der Waals surface area contributed by atoms with E-state index >= 15 is 0 Å². The Labute approximate surface area is 139 Å². The maximum atomic E-state index is 12.8. The second kappa shape index (κ2) is 8.24. The normalized spacial score (nSPS) is 10.5. The molecule has 0 saturated heterocycles. The third kappa shape index (κ3) is 5.19. The van der Waals surface area contributed by atoms with Gasteiger partial charge in [0.2, 0.25) is 11.8 Å². The molecule has 0 unspecified atom stereocenters. The monoisotopic (exact) mass is 333 g/mol. The summed E-state index contributed by atoms with van der Waals surface area (Å²) in [5, 5.41) is 6.57. The zero-order valence-corrected chi connectivity index (χ0v) is 13.7. The first-order chi connectivity index (χ1) is 11.5. The van der Waals surface area contributed by atoms with Crippen LogP contribution in [0.25, 0.3) is 0 Å². The minimum Gasteiger partial charge on any atom is -0.360 e. The summed E-state index contributed by atoms with van der Waals surface area (Å²) in [4.78, 5) is 25.0. The van der Waals surface area contributed by atoms with E-state index < -0.39 is 0 Å². The Hall–Kier alpha value is -2.70. The van der Waals surface area contributed by atoms with E-state index in [1.165, 1.54) is 24.0 Å². The lowest BCUT2D eigenvalue weighted by atomic mass is 10.1. The van der Waals surface area contributed by atoms with Crippen LogP contribution in [0.4, 0.5) is 10.2 Å².